The number of hydrogen-bond acceptors (Lipinski definition) is 2. The van der Waals surface area contributed by atoms with Gasteiger partial charge in [0.2, 0.25) is 0 Å². The van der Waals surface area contributed by atoms with Crippen LogP contribution >= 0.6 is 0 Å². The molecule has 1 aromatic carbocycles. The van der Waals surface area contributed by atoms with Gasteiger partial charge in [-0.2, -0.15) is 0 Å². The van der Waals surface area contributed by atoms with Crippen molar-refractivity contribution in [1.82, 2.24) is 5.32 Å². The van der Waals surface area contributed by atoms with Crippen LogP contribution in [-0.2, 0) is 0 Å². The maximum Gasteiger partial charge on any atom is 0.0431 e. The molecule has 2 N–H and O–H groups in total. The van der Waals surface area contributed by atoms with Crippen LogP contribution in [0.25, 0.3) is 0 Å². The fourth-order valence-corrected chi connectivity index (χ4v) is 2.23. The first-order valence-corrected chi connectivity index (χ1v) is 7.27. The van der Waals surface area contributed by atoms with Crippen molar-refractivity contribution in [3.05, 3.63) is 35.9 Å². The lowest BCUT2D eigenvalue weighted by Crippen LogP contribution is -2.22. The third kappa shape index (κ3) is 6.18. The normalized spacial score (nSPS) is 12.6. The Balaban J connectivity index is 2.26. The van der Waals surface area contributed by atoms with Crippen LogP contribution in [0.15, 0.2) is 30.3 Å². The molecule has 1 atom stereocenters. The Morgan fingerprint density at radius 2 is 1.78 bits per heavy atom. The summed E-state index contributed by atoms with van der Waals surface area (Å²) in [5, 5.41) is 12.4. The minimum atomic E-state index is 0.329. The number of aliphatic hydroxyl groups excluding tert-OH is 1. The molecule has 0 amide bonds. The molecule has 2 nitrogen and oxygen atoms in total. The van der Waals surface area contributed by atoms with Crippen LogP contribution < -0.4 is 5.32 Å². The zero-order valence-electron chi connectivity index (χ0n) is 11.6. The molecule has 1 rings (SSSR count). The zero-order chi connectivity index (χ0) is 13.1. The van der Waals surface area contributed by atoms with Crippen molar-refractivity contribution in [3.63, 3.8) is 0 Å². The molecule has 0 aliphatic rings. The van der Waals surface area contributed by atoms with Crippen molar-refractivity contribution >= 4 is 0 Å². The average Bonchev–Trinajstić information content (AvgIpc) is 2.42. The fourth-order valence-electron chi connectivity index (χ4n) is 2.23. The standard InChI is InChI=1S/C16H27NO/c1-2-10-16(15-11-6-5-7-12-15)17-13-8-3-4-9-14-18/h5-7,11-12,16-18H,2-4,8-10,13-14H2,1H3. The van der Waals surface area contributed by atoms with Crippen LogP contribution in [0.2, 0.25) is 0 Å². The van der Waals surface area contributed by atoms with Gasteiger partial charge in [0, 0.05) is 12.6 Å². The maximum atomic E-state index is 8.71. The van der Waals surface area contributed by atoms with E-state index in [9.17, 15) is 0 Å². The molecule has 0 aliphatic heterocycles. The highest BCUT2D eigenvalue weighted by molar-refractivity contribution is 5.18. The monoisotopic (exact) mass is 249 g/mol. The predicted molar refractivity (Wildman–Crippen MR) is 77.6 cm³/mol. The molecule has 1 unspecified atom stereocenters. The smallest absolute Gasteiger partial charge is 0.0431 e. The van der Waals surface area contributed by atoms with Gasteiger partial charge in [0.05, 0.1) is 0 Å². The van der Waals surface area contributed by atoms with Crippen molar-refractivity contribution in [2.75, 3.05) is 13.2 Å². The van der Waals surface area contributed by atoms with Crippen molar-refractivity contribution in [2.45, 2.75) is 51.5 Å². The molecule has 0 heterocycles. The zero-order valence-corrected chi connectivity index (χ0v) is 11.6. The number of nitrogens with one attached hydrogen (secondary N) is 1. The number of hydrogen-bond donors (Lipinski definition) is 2. The molecular formula is C16H27NO. The van der Waals surface area contributed by atoms with E-state index in [2.05, 4.69) is 42.6 Å². The van der Waals surface area contributed by atoms with E-state index in [4.69, 9.17) is 5.11 Å². The summed E-state index contributed by atoms with van der Waals surface area (Å²) in [6.07, 6.45) is 6.89. The largest absolute Gasteiger partial charge is 0.396 e. The molecule has 18 heavy (non-hydrogen) atoms. The van der Waals surface area contributed by atoms with Crippen molar-refractivity contribution in [3.8, 4) is 0 Å². The van der Waals surface area contributed by atoms with Gasteiger partial charge in [-0.25, -0.2) is 0 Å². The minimum Gasteiger partial charge on any atom is -0.396 e. The number of aliphatic hydroxyl groups is 1. The number of benzene rings is 1. The van der Waals surface area contributed by atoms with Gasteiger partial charge in [0.1, 0.15) is 0 Å². The molecule has 0 aromatic heterocycles. The molecule has 0 aliphatic carbocycles. The second-order valence-corrected chi connectivity index (χ2v) is 4.84. The van der Waals surface area contributed by atoms with E-state index in [0.29, 0.717) is 12.6 Å². The van der Waals surface area contributed by atoms with E-state index in [-0.39, 0.29) is 0 Å². The second kappa shape index (κ2) is 10.1. The van der Waals surface area contributed by atoms with E-state index in [0.717, 1.165) is 19.4 Å². The lowest BCUT2D eigenvalue weighted by molar-refractivity contribution is 0.282. The summed E-state index contributed by atoms with van der Waals surface area (Å²) in [5.41, 5.74) is 1.40. The van der Waals surface area contributed by atoms with Crippen LogP contribution in [0.1, 0.15) is 57.1 Å². The Kier molecular flexibility index (Phi) is 8.53. The summed E-state index contributed by atoms with van der Waals surface area (Å²) < 4.78 is 0. The van der Waals surface area contributed by atoms with Gasteiger partial charge in [0.15, 0.2) is 0 Å². The van der Waals surface area contributed by atoms with Gasteiger partial charge < -0.3 is 10.4 Å². The Hall–Kier alpha value is -0.860. The van der Waals surface area contributed by atoms with E-state index in [1.165, 1.54) is 31.2 Å². The lowest BCUT2D eigenvalue weighted by atomic mass is 10.0. The second-order valence-electron chi connectivity index (χ2n) is 4.84. The van der Waals surface area contributed by atoms with Crippen LogP contribution in [0.5, 0.6) is 0 Å². The maximum absolute atomic E-state index is 8.71. The molecule has 0 spiro atoms. The summed E-state index contributed by atoms with van der Waals surface area (Å²) >= 11 is 0. The third-order valence-corrected chi connectivity index (χ3v) is 3.25. The van der Waals surface area contributed by atoms with E-state index >= 15 is 0 Å². The first kappa shape index (κ1) is 15.2. The Morgan fingerprint density at radius 3 is 2.44 bits per heavy atom. The van der Waals surface area contributed by atoms with Gasteiger partial charge in [-0.15, -0.1) is 0 Å². The SMILES string of the molecule is CCCC(NCCCCCCO)c1ccccc1. The Morgan fingerprint density at radius 1 is 1.06 bits per heavy atom. The average molecular weight is 249 g/mol. The van der Waals surface area contributed by atoms with Crippen LogP contribution in [0.3, 0.4) is 0 Å². The van der Waals surface area contributed by atoms with Crippen molar-refractivity contribution in [1.29, 1.82) is 0 Å². The quantitative estimate of drug-likeness (QED) is 0.620. The van der Waals surface area contributed by atoms with Crippen LogP contribution in [-0.4, -0.2) is 18.3 Å². The van der Waals surface area contributed by atoms with Gasteiger partial charge in [-0.3, -0.25) is 0 Å². The molecule has 0 bridgehead atoms. The molecule has 2 heteroatoms. The summed E-state index contributed by atoms with van der Waals surface area (Å²) in [6.45, 7) is 3.64. The summed E-state index contributed by atoms with van der Waals surface area (Å²) in [6, 6.07) is 11.2. The van der Waals surface area contributed by atoms with Gasteiger partial charge in [-0.05, 0) is 31.4 Å². The minimum absolute atomic E-state index is 0.329. The van der Waals surface area contributed by atoms with Gasteiger partial charge in [-0.1, -0.05) is 56.5 Å². The predicted octanol–water partition coefficient (Wildman–Crippen LogP) is 3.67. The summed E-state index contributed by atoms with van der Waals surface area (Å²) in [7, 11) is 0. The molecule has 0 saturated heterocycles. The highest BCUT2D eigenvalue weighted by Gasteiger charge is 2.08. The topological polar surface area (TPSA) is 32.3 Å². The molecule has 0 radical (unpaired) electrons. The van der Waals surface area contributed by atoms with E-state index < -0.39 is 0 Å². The van der Waals surface area contributed by atoms with Gasteiger partial charge >= 0.3 is 0 Å². The summed E-state index contributed by atoms with van der Waals surface area (Å²) in [5.74, 6) is 0. The molecule has 0 saturated carbocycles. The molecule has 102 valence electrons. The Bertz CT molecular complexity index is 286. The summed E-state index contributed by atoms with van der Waals surface area (Å²) in [4.78, 5) is 0. The lowest BCUT2D eigenvalue weighted by Gasteiger charge is -2.18. The van der Waals surface area contributed by atoms with Crippen LogP contribution in [0.4, 0.5) is 0 Å². The number of unbranched alkanes of at least 4 members (excludes halogenated alkanes) is 3. The van der Waals surface area contributed by atoms with E-state index in [1.54, 1.807) is 0 Å². The highest BCUT2D eigenvalue weighted by Crippen LogP contribution is 2.18. The fraction of sp³-hybridized carbons (Fsp3) is 0.625. The van der Waals surface area contributed by atoms with Crippen molar-refractivity contribution < 1.29 is 5.11 Å². The molecular weight excluding hydrogens is 222 g/mol. The third-order valence-electron chi connectivity index (χ3n) is 3.25. The van der Waals surface area contributed by atoms with Gasteiger partial charge in [0.25, 0.3) is 0 Å². The highest BCUT2D eigenvalue weighted by atomic mass is 16.2. The first-order valence-electron chi connectivity index (χ1n) is 7.27. The first-order chi connectivity index (χ1) is 8.88. The number of rotatable bonds is 10. The van der Waals surface area contributed by atoms with E-state index in [1.807, 2.05) is 0 Å². The van der Waals surface area contributed by atoms with Crippen molar-refractivity contribution in [2.24, 2.45) is 0 Å². The molecule has 0 fully saturated rings. The Labute approximate surface area is 111 Å². The molecule has 1 aromatic rings. The van der Waals surface area contributed by atoms with Crippen LogP contribution in [0, 0.1) is 0 Å².